The van der Waals surface area contributed by atoms with Crippen molar-refractivity contribution >= 4 is 11.8 Å². The second-order valence-corrected chi connectivity index (χ2v) is 4.94. The predicted octanol–water partition coefficient (Wildman–Crippen LogP) is -0.413. The number of hydrogen-bond acceptors (Lipinski definition) is 2. The molecule has 0 fully saturated rings. The van der Waals surface area contributed by atoms with Crippen LogP contribution in [0.25, 0.3) is 0 Å². The Balaban J connectivity index is 2.47. The van der Waals surface area contributed by atoms with E-state index in [4.69, 9.17) is 0 Å². The monoisotopic (exact) mass is 278 g/mol. The van der Waals surface area contributed by atoms with Crippen molar-refractivity contribution in [2.75, 3.05) is 27.2 Å². The van der Waals surface area contributed by atoms with Crippen molar-refractivity contribution in [1.29, 1.82) is 0 Å². The molecule has 0 heterocycles. The lowest BCUT2D eigenvalue weighted by Gasteiger charge is -2.14. The first-order chi connectivity index (χ1) is 9.56. The van der Waals surface area contributed by atoms with Gasteiger partial charge in [-0.05, 0) is 18.6 Å². The fraction of sp³-hybridized carbons (Fsp3) is 0.467. The first-order valence-corrected chi connectivity index (χ1v) is 6.95. The SMILES string of the molecule is CCCNC(=O)C[NH+](C)Cc1ccc(C(=O)NC)cc1. The number of carbonyl (C=O) groups excluding carboxylic acids is 2. The summed E-state index contributed by atoms with van der Waals surface area (Å²) in [7, 11) is 3.60. The molecule has 1 aromatic rings. The molecule has 1 atom stereocenters. The molecular weight excluding hydrogens is 254 g/mol. The molecule has 0 aliphatic rings. The number of rotatable bonds is 7. The van der Waals surface area contributed by atoms with Crippen LogP contribution in [0.1, 0.15) is 29.3 Å². The largest absolute Gasteiger partial charge is 0.355 e. The summed E-state index contributed by atoms with van der Waals surface area (Å²) >= 11 is 0. The van der Waals surface area contributed by atoms with Crippen LogP contribution in [0.5, 0.6) is 0 Å². The molecule has 0 aliphatic heterocycles. The average molecular weight is 278 g/mol. The number of likely N-dealkylation sites (N-methyl/N-ethyl adjacent to an activating group) is 1. The lowest BCUT2D eigenvalue weighted by atomic mass is 10.1. The van der Waals surface area contributed by atoms with E-state index in [1.807, 2.05) is 26.1 Å². The highest BCUT2D eigenvalue weighted by atomic mass is 16.2. The maximum Gasteiger partial charge on any atom is 0.275 e. The van der Waals surface area contributed by atoms with E-state index in [9.17, 15) is 9.59 Å². The van der Waals surface area contributed by atoms with Crippen LogP contribution < -0.4 is 15.5 Å². The van der Waals surface area contributed by atoms with Gasteiger partial charge in [0.15, 0.2) is 6.54 Å². The molecule has 1 rings (SSSR count). The summed E-state index contributed by atoms with van der Waals surface area (Å²) in [5.41, 5.74) is 1.76. The zero-order valence-electron chi connectivity index (χ0n) is 12.5. The van der Waals surface area contributed by atoms with Crippen molar-refractivity contribution in [1.82, 2.24) is 10.6 Å². The van der Waals surface area contributed by atoms with Gasteiger partial charge in [0, 0.05) is 24.7 Å². The Morgan fingerprint density at radius 1 is 1.20 bits per heavy atom. The first kappa shape index (κ1) is 16.2. The smallest absolute Gasteiger partial charge is 0.275 e. The van der Waals surface area contributed by atoms with Crippen molar-refractivity contribution in [3.63, 3.8) is 0 Å². The van der Waals surface area contributed by atoms with Crippen molar-refractivity contribution in [3.8, 4) is 0 Å². The van der Waals surface area contributed by atoms with Gasteiger partial charge in [0.25, 0.3) is 11.8 Å². The van der Waals surface area contributed by atoms with Gasteiger partial charge in [-0.25, -0.2) is 0 Å². The Labute approximate surface area is 120 Å². The van der Waals surface area contributed by atoms with E-state index in [0.717, 1.165) is 30.0 Å². The van der Waals surface area contributed by atoms with E-state index >= 15 is 0 Å². The zero-order chi connectivity index (χ0) is 15.0. The Bertz CT molecular complexity index is 443. The van der Waals surface area contributed by atoms with Crippen molar-refractivity contribution < 1.29 is 14.5 Å². The van der Waals surface area contributed by atoms with Crippen LogP contribution in [-0.2, 0) is 11.3 Å². The summed E-state index contributed by atoms with van der Waals surface area (Å²) in [5.74, 6) is -0.0116. The van der Waals surface area contributed by atoms with Crippen LogP contribution in [0.15, 0.2) is 24.3 Å². The molecule has 2 amide bonds. The van der Waals surface area contributed by atoms with Crippen LogP contribution in [0.3, 0.4) is 0 Å². The third kappa shape index (κ3) is 5.40. The van der Waals surface area contributed by atoms with E-state index in [2.05, 4.69) is 10.6 Å². The molecule has 5 heteroatoms. The van der Waals surface area contributed by atoms with Gasteiger partial charge in [0.1, 0.15) is 6.54 Å². The Hall–Kier alpha value is -1.88. The van der Waals surface area contributed by atoms with Crippen LogP contribution in [0.4, 0.5) is 0 Å². The predicted molar refractivity (Wildman–Crippen MR) is 78.6 cm³/mol. The Morgan fingerprint density at radius 2 is 1.85 bits per heavy atom. The maximum absolute atomic E-state index is 11.6. The molecule has 5 nitrogen and oxygen atoms in total. The molecule has 0 spiro atoms. The normalized spacial score (nSPS) is 11.8. The topological polar surface area (TPSA) is 62.6 Å². The number of amides is 2. The minimum atomic E-state index is -0.0869. The second kappa shape index (κ2) is 8.32. The van der Waals surface area contributed by atoms with Gasteiger partial charge in [-0.2, -0.15) is 0 Å². The summed E-state index contributed by atoms with van der Waals surface area (Å²) in [4.78, 5) is 24.1. The first-order valence-electron chi connectivity index (χ1n) is 6.95. The minimum Gasteiger partial charge on any atom is -0.355 e. The van der Waals surface area contributed by atoms with E-state index in [-0.39, 0.29) is 11.8 Å². The highest BCUT2D eigenvalue weighted by Gasteiger charge is 2.10. The van der Waals surface area contributed by atoms with Gasteiger partial charge in [-0.15, -0.1) is 0 Å². The fourth-order valence-electron chi connectivity index (χ4n) is 1.93. The summed E-state index contributed by atoms with van der Waals surface area (Å²) in [6.45, 7) is 3.97. The third-order valence-electron chi connectivity index (χ3n) is 2.98. The van der Waals surface area contributed by atoms with Crippen LogP contribution in [0.2, 0.25) is 0 Å². The minimum absolute atomic E-state index is 0.0753. The Morgan fingerprint density at radius 3 is 2.40 bits per heavy atom. The van der Waals surface area contributed by atoms with Gasteiger partial charge in [0.05, 0.1) is 7.05 Å². The number of hydrogen-bond donors (Lipinski definition) is 3. The number of nitrogens with one attached hydrogen (secondary N) is 3. The maximum atomic E-state index is 11.6. The molecule has 110 valence electrons. The lowest BCUT2D eigenvalue weighted by molar-refractivity contribution is -0.885. The molecule has 0 aromatic heterocycles. The van der Waals surface area contributed by atoms with E-state index < -0.39 is 0 Å². The van der Waals surface area contributed by atoms with E-state index in [0.29, 0.717) is 12.1 Å². The molecule has 0 saturated carbocycles. The summed E-state index contributed by atoms with van der Waals surface area (Å²) < 4.78 is 0. The molecule has 0 aliphatic carbocycles. The highest BCUT2D eigenvalue weighted by molar-refractivity contribution is 5.93. The van der Waals surface area contributed by atoms with Crippen molar-refractivity contribution in [2.24, 2.45) is 0 Å². The molecule has 0 bridgehead atoms. The van der Waals surface area contributed by atoms with Gasteiger partial charge in [-0.1, -0.05) is 19.1 Å². The fourth-order valence-corrected chi connectivity index (χ4v) is 1.93. The average Bonchev–Trinajstić information content (AvgIpc) is 2.45. The van der Waals surface area contributed by atoms with Crippen LogP contribution in [-0.4, -0.2) is 39.0 Å². The second-order valence-electron chi connectivity index (χ2n) is 4.94. The zero-order valence-corrected chi connectivity index (χ0v) is 12.5. The van der Waals surface area contributed by atoms with Crippen LogP contribution >= 0.6 is 0 Å². The number of quaternary nitrogens is 1. The quantitative estimate of drug-likeness (QED) is 0.635. The molecule has 20 heavy (non-hydrogen) atoms. The Kier molecular flexibility index (Phi) is 6.73. The summed E-state index contributed by atoms with van der Waals surface area (Å²) in [6, 6.07) is 7.47. The number of carbonyl (C=O) groups is 2. The lowest BCUT2D eigenvalue weighted by Crippen LogP contribution is -3.08. The van der Waals surface area contributed by atoms with Crippen molar-refractivity contribution in [2.45, 2.75) is 19.9 Å². The summed E-state index contributed by atoms with van der Waals surface area (Å²) in [6.07, 6.45) is 0.950. The van der Waals surface area contributed by atoms with Gasteiger partial charge >= 0.3 is 0 Å². The number of benzene rings is 1. The van der Waals surface area contributed by atoms with Gasteiger partial charge < -0.3 is 15.5 Å². The molecule has 0 radical (unpaired) electrons. The van der Waals surface area contributed by atoms with Gasteiger partial charge in [0.2, 0.25) is 0 Å². The van der Waals surface area contributed by atoms with E-state index in [1.54, 1.807) is 19.2 Å². The molecule has 1 aromatic carbocycles. The molecule has 1 unspecified atom stereocenters. The summed E-state index contributed by atoms with van der Waals surface area (Å²) in [5, 5.41) is 5.46. The highest BCUT2D eigenvalue weighted by Crippen LogP contribution is 2.03. The molecule has 0 saturated heterocycles. The van der Waals surface area contributed by atoms with Gasteiger partial charge in [-0.3, -0.25) is 9.59 Å². The standard InChI is InChI=1S/C15H23N3O2/c1-4-9-17-14(19)11-18(3)10-12-5-7-13(8-6-12)15(20)16-2/h5-8H,4,9-11H2,1-3H3,(H,16,20)(H,17,19)/p+1. The van der Waals surface area contributed by atoms with Crippen LogP contribution in [0, 0.1) is 0 Å². The molecule has 3 N–H and O–H groups in total. The van der Waals surface area contributed by atoms with E-state index in [1.165, 1.54) is 0 Å². The molecular formula is C15H24N3O2+. The van der Waals surface area contributed by atoms with Crippen molar-refractivity contribution in [3.05, 3.63) is 35.4 Å². The third-order valence-corrected chi connectivity index (χ3v) is 2.98.